The van der Waals surface area contributed by atoms with Crippen LogP contribution in [0.5, 0.6) is 5.75 Å². The van der Waals surface area contributed by atoms with Crippen LogP contribution in [0.1, 0.15) is 41.6 Å². The first kappa shape index (κ1) is 30.1. The molecule has 1 unspecified atom stereocenters. The van der Waals surface area contributed by atoms with Crippen LogP contribution in [0, 0.1) is 20.8 Å². The summed E-state index contributed by atoms with van der Waals surface area (Å²) in [5.41, 5.74) is 6.80. The monoisotopic (exact) mass is 608 g/mol. The fourth-order valence-electron chi connectivity index (χ4n) is 5.09. The normalized spacial score (nSPS) is 15.4. The third kappa shape index (κ3) is 7.37. The average Bonchev–Trinajstić information content (AvgIpc) is 3.43. The number of aromatic nitrogens is 3. The van der Waals surface area contributed by atoms with Crippen LogP contribution in [0.4, 0.5) is 23.7 Å². The standard InChI is InChI=1S/C31H31F3N6O2S/c1-19-16-20(2)27(21(3)17-19)39-14-5-15-43-30(39)37-29(41)36-22(4)23-6-8-24(9-7-23)28-35-18-40(38-28)25-10-12-26(13-11-25)42-31(32,33)34/h6-13,16-18,22H,5,14-15H2,1-4H3,(H,36,41)/b37-30-. The molecule has 2 heterocycles. The second kappa shape index (κ2) is 12.5. The highest BCUT2D eigenvalue weighted by molar-refractivity contribution is 8.14. The Balaban J connectivity index is 1.24. The van der Waals surface area contributed by atoms with Crippen LogP contribution in [0.2, 0.25) is 0 Å². The lowest BCUT2D eigenvalue weighted by Gasteiger charge is -2.32. The van der Waals surface area contributed by atoms with Gasteiger partial charge in [-0.3, -0.25) is 0 Å². The van der Waals surface area contributed by atoms with Crippen molar-refractivity contribution in [2.24, 2.45) is 4.99 Å². The minimum Gasteiger partial charge on any atom is -0.406 e. The Morgan fingerprint density at radius 1 is 1.05 bits per heavy atom. The number of hydrogen-bond donors (Lipinski definition) is 1. The molecule has 1 fully saturated rings. The second-order valence-corrected chi connectivity index (χ2v) is 11.4. The molecular weight excluding hydrogens is 577 g/mol. The summed E-state index contributed by atoms with van der Waals surface area (Å²) in [5.74, 6) is 1.04. The van der Waals surface area contributed by atoms with Gasteiger partial charge < -0.3 is 15.0 Å². The smallest absolute Gasteiger partial charge is 0.406 e. The zero-order valence-corrected chi connectivity index (χ0v) is 25.0. The summed E-state index contributed by atoms with van der Waals surface area (Å²) in [7, 11) is 0. The number of ether oxygens (including phenoxy) is 1. The minimum atomic E-state index is -4.75. The maximum absolute atomic E-state index is 13.0. The van der Waals surface area contributed by atoms with Crippen molar-refractivity contribution in [2.45, 2.75) is 46.5 Å². The maximum atomic E-state index is 13.0. The van der Waals surface area contributed by atoms with Crippen molar-refractivity contribution in [3.63, 3.8) is 0 Å². The number of halogens is 3. The molecular formula is C31H31F3N6O2S. The van der Waals surface area contributed by atoms with Gasteiger partial charge in [0.05, 0.1) is 11.7 Å². The van der Waals surface area contributed by atoms with E-state index in [9.17, 15) is 18.0 Å². The van der Waals surface area contributed by atoms with Crippen LogP contribution >= 0.6 is 11.8 Å². The molecule has 0 radical (unpaired) electrons. The topological polar surface area (TPSA) is 84.6 Å². The number of amides is 2. The van der Waals surface area contributed by atoms with Gasteiger partial charge in [-0.05, 0) is 75.1 Å². The maximum Gasteiger partial charge on any atom is 0.573 e. The van der Waals surface area contributed by atoms with Crippen molar-refractivity contribution in [1.29, 1.82) is 0 Å². The zero-order chi connectivity index (χ0) is 30.7. The summed E-state index contributed by atoms with van der Waals surface area (Å²) in [5, 5.41) is 8.11. The first-order valence-electron chi connectivity index (χ1n) is 13.7. The first-order valence-corrected chi connectivity index (χ1v) is 14.7. The van der Waals surface area contributed by atoms with E-state index in [-0.39, 0.29) is 11.8 Å². The van der Waals surface area contributed by atoms with E-state index < -0.39 is 12.4 Å². The van der Waals surface area contributed by atoms with Crippen LogP contribution in [0.15, 0.2) is 72.0 Å². The van der Waals surface area contributed by atoms with Crippen molar-refractivity contribution in [3.05, 3.63) is 89.2 Å². The summed E-state index contributed by atoms with van der Waals surface area (Å²) in [4.78, 5) is 23.9. The molecule has 0 saturated carbocycles. The SMILES string of the molecule is Cc1cc(C)c(N2CCCS/C2=N\C(=O)NC(C)c2ccc(-c3ncn(-c4ccc(OC(F)(F)F)cc4)n3)cc2)c(C)c1. The van der Waals surface area contributed by atoms with E-state index in [4.69, 9.17) is 0 Å². The highest BCUT2D eigenvalue weighted by atomic mass is 32.2. The molecule has 1 aliphatic heterocycles. The number of aliphatic imine (C=N–C) groups is 1. The van der Waals surface area contributed by atoms with Gasteiger partial charge >= 0.3 is 12.4 Å². The molecule has 1 aromatic heterocycles. The van der Waals surface area contributed by atoms with Gasteiger partial charge in [-0.2, -0.15) is 4.99 Å². The van der Waals surface area contributed by atoms with Gasteiger partial charge in [-0.25, -0.2) is 14.5 Å². The molecule has 1 aliphatic rings. The first-order chi connectivity index (χ1) is 20.5. The van der Waals surface area contributed by atoms with Crippen LogP contribution in [-0.2, 0) is 0 Å². The Kier molecular flexibility index (Phi) is 8.77. The number of benzene rings is 3. The van der Waals surface area contributed by atoms with E-state index in [2.05, 4.69) is 62.9 Å². The van der Waals surface area contributed by atoms with E-state index in [1.54, 1.807) is 11.8 Å². The number of carbonyl (C=O) groups excluding carboxylic acids is 1. The molecule has 4 aromatic rings. The quantitative estimate of drug-likeness (QED) is 0.244. The van der Waals surface area contributed by atoms with Gasteiger partial charge in [0.1, 0.15) is 12.1 Å². The van der Waals surface area contributed by atoms with E-state index >= 15 is 0 Å². The predicted molar refractivity (Wildman–Crippen MR) is 163 cm³/mol. The highest BCUT2D eigenvalue weighted by Crippen LogP contribution is 2.32. The minimum absolute atomic E-state index is 0.293. The molecule has 5 rings (SSSR count). The average molecular weight is 609 g/mol. The van der Waals surface area contributed by atoms with Crippen molar-refractivity contribution >= 4 is 28.6 Å². The fourth-order valence-corrected chi connectivity index (χ4v) is 6.03. The number of anilines is 1. The summed E-state index contributed by atoms with van der Waals surface area (Å²) in [6.07, 6.45) is -2.26. The zero-order valence-electron chi connectivity index (χ0n) is 24.1. The largest absolute Gasteiger partial charge is 0.573 e. The number of amidine groups is 1. The molecule has 0 spiro atoms. The summed E-state index contributed by atoms with van der Waals surface area (Å²) in [6.45, 7) is 8.96. The van der Waals surface area contributed by atoms with Crippen molar-refractivity contribution in [3.8, 4) is 22.8 Å². The van der Waals surface area contributed by atoms with Crippen molar-refractivity contribution < 1.29 is 22.7 Å². The molecule has 2 amide bonds. The molecule has 1 atom stereocenters. The molecule has 43 heavy (non-hydrogen) atoms. The fraction of sp³-hybridized carbons (Fsp3) is 0.290. The number of rotatable bonds is 6. The Labute approximate surface area is 252 Å². The Bertz CT molecular complexity index is 1610. The van der Waals surface area contributed by atoms with Gasteiger partial charge in [-0.1, -0.05) is 53.7 Å². The molecule has 0 aliphatic carbocycles. The number of nitrogens with one attached hydrogen (secondary N) is 1. The third-order valence-electron chi connectivity index (χ3n) is 6.93. The highest BCUT2D eigenvalue weighted by Gasteiger charge is 2.31. The number of urea groups is 1. The van der Waals surface area contributed by atoms with Gasteiger partial charge in [0.25, 0.3) is 0 Å². The van der Waals surface area contributed by atoms with E-state index in [1.807, 2.05) is 31.2 Å². The van der Waals surface area contributed by atoms with E-state index in [1.165, 1.54) is 40.8 Å². The summed E-state index contributed by atoms with van der Waals surface area (Å²) < 4.78 is 42.6. The van der Waals surface area contributed by atoms with Crippen LogP contribution in [0.3, 0.4) is 0 Å². The predicted octanol–water partition coefficient (Wildman–Crippen LogP) is 7.53. The molecule has 1 N–H and O–H groups in total. The third-order valence-corrected chi connectivity index (χ3v) is 7.99. The second-order valence-electron chi connectivity index (χ2n) is 10.3. The lowest BCUT2D eigenvalue weighted by atomic mass is 10.0. The number of nitrogens with zero attached hydrogens (tertiary/aromatic N) is 5. The van der Waals surface area contributed by atoms with Gasteiger partial charge in [-0.15, -0.1) is 18.3 Å². The van der Waals surface area contributed by atoms with Gasteiger partial charge in [0, 0.05) is 23.5 Å². The lowest BCUT2D eigenvalue weighted by Crippen LogP contribution is -2.37. The molecule has 224 valence electrons. The Hall–Kier alpha value is -4.32. The number of alkyl halides is 3. The van der Waals surface area contributed by atoms with E-state index in [0.717, 1.165) is 46.7 Å². The number of carbonyl (C=O) groups is 1. The molecule has 3 aromatic carbocycles. The molecule has 0 bridgehead atoms. The molecule has 12 heteroatoms. The van der Waals surface area contributed by atoms with E-state index in [0.29, 0.717) is 16.7 Å². The number of hydrogen-bond acceptors (Lipinski definition) is 5. The molecule has 8 nitrogen and oxygen atoms in total. The lowest BCUT2D eigenvalue weighted by molar-refractivity contribution is -0.274. The van der Waals surface area contributed by atoms with Crippen molar-refractivity contribution in [1.82, 2.24) is 20.1 Å². The Morgan fingerprint density at radius 3 is 2.37 bits per heavy atom. The van der Waals surface area contributed by atoms with Crippen molar-refractivity contribution in [2.75, 3.05) is 17.2 Å². The van der Waals surface area contributed by atoms with Crippen LogP contribution in [-0.4, -0.2) is 44.6 Å². The molecule has 1 saturated heterocycles. The summed E-state index contributed by atoms with van der Waals surface area (Å²) >= 11 is 1.59. The van der Waals surface area contributed by atoms with Crippen LogP contribution < -0.4 is 15.0 Å². The summed E-state index contributed by atoms with van der Waals surface area (Å²) in [6, 6.07) is 16.4. The number of thioether (sulfide) groups is 1. The number of aryl methyl sites for hydroxylation is 3. The van der Waals surface area contributed by atoms with Gasteiger partial charge in [0.2, 0.25) is 0 Å². The Morgan fingerprint density at radius 2 is 1.72 bits per heavy atom. The van der Waals surface area contributed by atoms with Gasteiger partial charge in [0.15, 0.2) is 11.0 Å². The van der Waals surface area contributed by atoms with Crippen LogP contribution in [0.25, 0.3) is 17.1 Å².